The van der Waals surface area contributed by atoms with Crippen LogP contribution in [-0.4, -0.2) is 22.9 Å². The largest absolute Gasteiger partial charge is 0.386 e. The van der Waals surface area contributed by atoms with Gasteiger partial charge in [0.25, 0.3) is 0 Å². The summed E-state index contributed by atoms with van der Waals surface area (Å²) in [6, 6.07) is 0. The first kappa shape index (κ1) is 14.2. The molecule has 0 bridgehead atoms. The fourth-order valence-electron chi connectivity index (χ4n) is 2.08. The zero-order valence-corrected chi connectivity index (χ0v) is 11.4. The van der Waals surface area contributed by atoms with Crippen LogP contribution in [0.3, 0.4) is 0 Å². The summed E-state index contributed by atoms with van der Waals surface area (Å²) >= 11 is 0. The highest BCUT2D eigenvalue weighted by Crippen LogP contribution is 2.26. The van der Waals surface area contributed by atoms with Crippen LogP contribution in [0, 0.1) is 0 Å². The molecule has 1 aliphatic heterocycles. The van der Waals surface area contributed by atoms with Crippen LogP contribution in [0.5, 0.6) is 0 Å². The zero-order chi connectivity index (χ0) is 13.1. The second-order valence-electron chi connectivity index (χ2n) is 5.44. The Morgan fingerprint density at radius 3 is 2.82 bits per heavy atom. The van der Waals surface area contributed by atoms with Gasteiger partial charge in [-0.3, -0.25) is 0 Å². The molecule has 1 heterocycles. The minimum absolute atomic E-state index is 0.0302. The molecule has 0 aromatic heterocycles. The molecule has 0 unspecified atom stereocenters. The van der Waals surface area contributed by atoms with Gasteiger partial charge in [-0.15, -0.1) is 6.58 Å². The SMILES string of the molecule is C=C[C@@](C)(O)C[C@@H]1C=C(C)C[C@@H](C=C(C)C)O1. The molecule has 0 fully saturated rings. The van der Waals surface area contributed by atoms with E-state index >= 15 is 0 Å². The number of allylic oxidation sites excluding steroid dienone is 1. The Morgan fingerprint density at radius 2 is 2.29 bits per heavy atom. The third kappa shape index (κ3) is 4.88. The first-order chi connectivity index (χ1) is 7.82. The van der Waals surface area contributed by atoms with Crippen molar-refractivity contribution in [3.05, 3.63) is 36.0 Å². The van der Waals surface area contributed by atoms with Crippen LogP contribution in [-0.2, 0) is 4.74 Å². The molecular weight excluding hydrogens is 212 g/mol. The second-order valence-corrected chi connectivity index (χ2v) is 5.44. The Morgan fingerprint density at radius 1 is 1.65 bits per heavy atom. The van der Waals surface area contributed by atoms with E-state index in [9.17, 15) is 5.11 Å². The Hall–Kier alpha value is -0.860. The first-order valence-corrected chi connectivity index (χ1v) is 6.16. The molecule has 1 rings (SSSR count). The quantitative estimate of drug-likeness (QED) is 0.758. The van der Waals surface area contributed by atoms with Gasteiger partial charge in [-0.05, 0) is 34.1 Å². The van der Waals surface area contributed by atoms with E-state index in [-0.39, 0.29) is 12.2 Å². The summed E-state index contributed by atoms with van der Waals surface area (Å²) in [4.78, 5) is 0. The van der Waals surface area contributed by atoms with E-state index in [1.165, 1.54) is 11.1 Å². The van der Waals surface area contributed by atoms with E-state index in [2.05, 4.69) is 39.5 Å². The molecule has 2 nitrogen and oxygen atoms in total. The lowest BCUT2D eigenvalue weighted by Gasteiger charge is -2.31. The number of rotatable bonds is 4. The minimum atomic E-state index is -0.867. The first-order valence-electron chi connectivity index (χ1n) is 6.16. The Balaban J connectivity index is 2.72. The summed E-state index contributed by atoms with van der Waals surface area (Å²) in [6.07, 6.45) is 7.43. The van der Waals surface area contributed by atoms with Gasteiger partial charge < -0.3 is 9.84 Å². The zero-order valence-electron chi connectivity index (χ0n) is 11.4. The van der Waals surface area contributed by atoms with Crippen LogP contribution in [0.25, 0.3) is 0 Å². The lowest BCUT2D eigenvalue weighted by molar-refractivity contribution is -0.0158. The molecule has 1 aliphatic rings. The maximum atomic E-state index is 9.99. The Labute approximate surface area is 105 Å². The number of ether oxygens (including phenoxy) is 1. The highest BCUT2D eigenvalue weighted by molar-refractivity contribution is 5.14. The van der Waals surface area contributed by atoms with Crippen LogP contribution in [0.4, 0.5) is 0 Å². The summed E-state index contributed by atoms with van der Waals surface area (Å²) in [5, 5.41) is 9.99. The van der Waals surface area contributed by atoms with Gasteiger partial charge in [-0.25, -0.2) is 0 Å². The number of aliphatic hydroxyl groups is 1. The highest BCUT2D eigenvalue weighted by atomic mass is 16.5. The van der Waals surface area contributed by atoms with Crippen LogP contribution in [0.15, 0.2) is 36.0 Å². The van der Waals surface area contributed by atoms with Crippen molar-refractivity contribution in [2.75, 3.05) is 0 Å². The van der Waals surface area contributed by atoms with Crippen molar-refractivity contribution >= 4 is 0 Å². The molecule has 0 saturated heterocycles. The molecule has 17 heavy (non-hydrogen) atoms. The maximum Gasteiger partial charge on any atom is 0.0824 e. The minimum Gasteiger partial charge on any atom is -0.386 e. The van der Waals surface area contributed by atoms with Gasteiger partial charge >= 0.3 is 0 Å². The van der Waals surface area contributed by atoms with Gasteiger partial charge in [-0.2, -0.15) is 0 Å². The van der Waals surface area contributed by atoms with Gasteiger partial charge in [-0.1, -0.05) is 29.4 Å². The lowest BCUT2D eigenvalue weighted by Crippen LogP contribution is -2.32. The van der Waals surface area contributed by atoms with Crippen molar-refractivity contribution in [2.45, 2.75) is 58.3 Å². The molecule has 0 aromatic rings. The predicted molar refractivity (Wildman–Crippen MR) is 71.9 cm³/mol. The summed E-state index contributed by atoms with van der Waals surface area (Å²) in [7, 11) is 0. The Kier molecular flexibility index (Phi) is 4.72. The van der Waals surface area contributed by atoms with Gasteiger partial charge in [0, 0.05) is 6.42 Å². The molecule has 0 spiro atoms. The van der Waals surface area contributed by atoms with E-state index < -0.39 is 5.60 Å². The standard InChI is InChI=1S/C15H24O2/c1-6-15(5,16)10-14-9-12(4)8-13(17-14)7-11(2)3/h6-7,9,13-14,16H,1,8,10H2,2-5H3/t13-,14+,15-/m1/s1. The molecule has 2 heteroatoms. The third-order valence-corrected chi connectivity index (χ3v) is 2.92. The maximum absolute atomic E-state index is 9.99. The summed E-state index contributed by atoms with van der Waals surface area (Å²) in [6.45, 7) is 11.7. The molecule has 0 aromatic carbocycles. The van der Waals surface area contributed by atoms with Crippen LogP contribution in [0.1, 0.15) is 40.5 Å². The van der Waals surface area contributed by atoms with Gasteiger partial charge in [0.1, 0.15) is 0 Å². The molecule has 96 valence electrons. The van der Waals surface area contributed by atoms with E-state index in [1.54, 1.807) is 13.0 Å². The van der Waals surface area contributed by atoms with Crippen molar-refractivity contribution in [3.63, 3.8) is 0 Å². The van der Waals surface area contributed by atoms with Crippen molar-refractivity contribution in [2.24, 2.45) is 0 Å². The molecule has 1 N–H and O–H groups in total. The monoisotopic (exact) mass is 236 g/mol. The molecule has 0 aliphatic carbocycles. The molecule has 0 radical (unpaired) electrons. The van der Waals surface area contributed by atoms with E-state index in [0.717, 1.165) is 6.42 Å². The van der Waals surface area contributed by atoms with Crippen molar-refractivity contribution in [1.82, 2.24) is 0 Å². The predicted octanol–water partition coefficient (Wildman–Crippen LogP) is 3.38. The van der Waals surface area contributed by atoms with Gasteiger partial charge in [0.05, 0.1) is 17.8 Å². The summed E-state index contributed by atoms with van der Waals surface area (Å²) < 4.78 is 5.94. The second kappa shape index (κ2) is 5.65. The summed E-state index contributed by atoms with van der Waals surface area (Å²) in [5.41, 5.74) is 1.72. The Bertz CT molecular complexity index is 333. The van der Waals surface area contributed by atoms with Crippen molar-refractivity contribution in [1.29, 1.82) is 0 Å². The summed E-state index contributed by atoms with van der Waals surface area (Å²) in [5.74, 6) is 0. The van der Waals surface area contributed by atoms with Crippen LogP contribution in [0.2, 0.25) is 0 Å². The average molecular weight is 236 g/mol. The van der Waals surface area contributed by atoms with Crippen LogP contribution >= 0.6 is 0 Å². The number of hydrogen-bond acceptors (Lipinski definition) is 2. The van der Waals surface area contributed by atoms with Gasteiger partial charge in [0.15, 0.2) is 0 Å². The van der Waals surface area contributed by atoms with E-state index in [1.807, 2.05) is 0 Å². The normalized spacial score (nSPS) is 27.9. The third-order valence-electron chi connectivity index (χ3n) is 2.92. The fraction of sp³-hybridized carbons (Fsp3) is 0.600. The molecular formula is C15H24O2. The van der Waals surface area contributed by atoms with Crippen molar-refractivity contribution in [3.8, 4) is 0 Å². The molecule has 0 saturated carbocycles. The molecule has 0 amide bonds. The smallest absolute Gasteiger partial charge is 0.0824 e. The highest BCUT2D eigenvalue weighted by Gasteiger charge is 2.26. The lowest BCUT2D eigenvalue weighted by atomic mass is 9.94. The average Bonchev–Trinajstić information content (AvgIpc) is 2.14. The van der Waals surface area contributed by atoms with E-state index in [0.29, 0.717) is 6.42 Å². The topological polar surface area (TPSA) is 29.5 Å². The van der Waals surface area contributed by atoms with Gasteiger partial charge in [0.2, 0.25) is 0 Å². The van der Waals surface area contributed by atoms with Crippen molar-refractivity contribution < 1.29 is 9.84 Å². The number of hydrogen-bond donors (Lipinski definition) is 1. The molecule has 3 atom stereocenters. The van der Waals surface area contributed by atoms with E-state index in [4.69, 9.17) is 4.74 Å². The van der Waals surface area contributed by atoms with Crippen LogP contribution < -0.4 is 0 Å². The fourth-order valence-corrected chi connectivity index (χ4v) is 2.08.